The summed E-state index contributed by atoms with van der Waals surface area (Å²) in [4.78, 5) is 0. The van der Waals surface area contributed by atoms with Crippen molar-refractivity contribution in [2.75, 3.05) is 22.2 Å². The van der Waals surface area contributed by atoms with E-state index in [1.807, 2.05) is 0 Å². The fourth-order valence-electron chi connectivity index (χ4n) is 3.21. The molecule has 1 aliphatic carbocycles. The van der Waals surface area contributed by atoms with E-state index in [4.69, 9.17) is 0 Å². The zero-order chi connectivity index (χ0) is 18.6. The molecule has 0 aromatic heterocycles. The van der Waals surface area contributed by atoms with Gasteiger partial charge in [0.05, 0.1) is 16.9 Å². The lowest BCUT2D eigenvalue weighted by atomic mass is 9.98. The van der Waals surface area contributed by atoms with Gasteiger partial charge in [0.25, 0.3) is 0 Å². The first-order chi connectivity index (χ1) is 12.3. The lowest BCUT2D eigenvalue weighted by Gasteiger charge is -2.18. The van der Waals surface area contributed by atoms with Gasteiger partial charge in [0, 0.05) is 19.2 Å². The van der Waals surface area contributed by atoms with Crippen LogP contribution >= 0.6 is 0 Å². The highest BCUT2D eigenvalue weighted by atomic mass is 32.2. The van der Waals surface area contributed by atoms with Crippen LogP contribution in [0.15, 0.2) is 30.3 Å². The maximum Gasteiger partial charge on any atom is 0.326 e. The number of nitriles is 1. The summed E-state index contributed by atoms with van der Waals surface area (Å²) < 4.78 is 56.0. The van der Waals surface area contributed by atoms with E-state index in [0.717, 1.165) is 29.3 Å². The van der Waals surface area contributed by atoms with E-state index in [1.165, 1.54) is 23.5 Å². The Labute approximate surface area is 150 Å². The first-order valence-corrected chi connectivity index (χ1v) is 9.53. The molecule has 1 heterocycles. The van der Waals surface area contributed by atoms with Gasteiger partial charge in [-0.05, 0) is 48.6 Å². The number of hydrogen-bond acceptors (Lipinski definition) is 3. The average molecular weight is 375 g/mol. The Morgan fingerprint density at radius 3 is 2.50 bits per heavy atom. The fraction of sp³-hybridized carbons (Fsp3) is 0.278. The number of hydrogen-bond donors (Lipinski definition) is 0. The minimum Gasteiger partial charge on any atom is -0.254 e. The Hall–Kier alpha value is -2.66. The quantitative estimate of drug-likeness (QED) is 0.826. The number of rotatable bonds is 3. The predicted molar refractivity (Wildman–Crippen MR) is 93.9 cm³/mol. The molecule has 8 heteroatoms. The molecular formula is C18H15F2N3O2S. The Balaban J connectivity index is 1.87. The standard InChI is InChI=1S/C18H15F2N3O2S/c1-22-17-8-12(18-13(9-21)14(19)5-6-15(18)20)4-7-16(17)23(26(22,24)25)10-11-2-3-11/h4-8,11H,2-3,10H2,1H3. The third-order valence-electron chi connectivity index (χ3n) is 4.83. The topological polar surface area (TPSA) is 64.4 Å². The monoisotopic (exact) mass is 375 g/mol. The molecule has 0 bridgehead atoms. The van der Waals surface area contributed by atoms with Crippen LogP contribution in [0.4, 0.5) is 20.2 Å². The highest BCUT2D eigenvalue weighted by molar-refractivity contribution is 7.94. The van der Waals surface area contributed by atoms with Crippen LogP contribution in [0.1, 0.15) is 18.4 Å². The molecule has 2 aliphatic rings. The zero-order valence-electron chi connectivity index (χ0n) is 13.9. The van der Waals surface area contributed by atoms with Gasteiger partial charge in [0.15, 0.2) is 0 Å². The molecule has 0 unspecified atom stereocenters. The molecular weight excluding hydrogens is 360 g/mol. The molecule has 2 aromatic carbocycles. The van der Waals surface area contributed by atoms with Crippen molar-refractivity contribution in [3.63, 3.8) is 0 Å². The minimum absolute atomic E-state index is 0.165. The molecule has 2 aromatic rings. The van der Waals surface area contributed by atoms with Gasteiger partial charge in [0.2, 0.25) is 0 Å². The van der Waals surface area contributed by atoms with E-state index in [9.17, 15) is 22.5 Å². The van der Waals surface area contributed by atoms with E-state index in [-0.39, 0.29) is 11.1 Å². The van der Waals surface area contributed by atoms with E-state index in [0.29, 0.717) is 23.8 Å². The van der Waals surface area contributed by atoms with Crippen LogP contribution in [0.2, 0.25) is 0 Å². The molecule has 134 valence electrons. The second-order valence-corrected chi connectivity index (χ2v) is 8.43. The Morgan fingerprint density at radius 1 is 1.15 bits per heavy atom. The summed E-state index contributed by atoms with van der Waals surface area (Å²) in [6.45, 7) is 0.413. The van der Waals surface area contributed by atoms with E-state index in [1.54, 1.807) is 12.1 Å². The summed E-state index contributed by atoms with van der Waals surface area (Å²) in [7, 11) is -2.25. The predicted octanol–water partition coefficient (Wildman–Crippen LogP) is 3.41. The zero-order valence-corrected chi connectivity index (χ0v) is 14.7. The van der Waals surface area contributed by atoms with Crippen molar-refractivity contribution in [3.05, 3.63) is 47.5 Å². The summed E-state index contributed by atoms with van der Waals surface area (Å²) in [6.07, 6.45) is 2.01. The largest absolute Gasteiger partial charge is 0.326 e. The molecule has 0 amide bonds. The van der Waals surface area contributed by atoms with Crippen LogP contribution in [0.5, 0.6) is 0 Å². The molecule has 1 saturated carbocycles. The van der Waals surface area contributed by atoms with Crippen molar-refractivity contribution < 1.29 is 17.2 Å². The lowest BCUT2D eigenvalue weighted by molar-refractivity contribution is 0.590. The van der Waals surface area contributed by atoms with E-state index in [2.05, 4.69) is 0 Å². The molecule has 5 nitrogen and oxygen atoms in total. The first kappa shape index (κ1) is 16.8. The van der Waals surface area contributed by atoms with Gasteiger partial charge in [0.1, 0.15) is 17.7 Å². The number of nitrogens with zero attached hydrogens (tertiary/aromatic N) is 3. The Morgan fingerprint density at radius 2 is 1.85 bits per heavy atom. The lowest BCUT2D eigenvalue weighted by Crippen LogP contribution is -2.36. The molecule has 0 N–H and O–H groups in total. The Kier molecular flexibility index (Phi) is 3.66. The molecule has 1 fully saturated rings. The van der Waals surface area contributed by atoms with Gasteiger partial charge < -0.3 is 0 Å². The van der Waals surface area contributed by atoms with Crippen molar-refractivity contribution in [1.29, 1.82) is 5.26 Å². The maximum atomic E-state index is 14.3. The summed E-state index contributed by atoms with van der Waals surface area (Å²) in [5, 5.41) is 9.19. The van der Waals surface area contributed by atoms with Crippen molar-refractivity contribution in [1.82, 2.24) is 0 Å². The van der Waals surface area contributed by atoms with Crippen molar-refractivity contribution >= 4 is 21.6 Å². The molecule has 0 saturated heterocycles. The molecule has 0 spiro atoms. The van der Waals surface area contributed by atoms with Crippen LogP contribution in [0, 0.1) is 28.9 Å². The van der Waals surface area contributed by atoms with Crippen molar-refractivity contribution in [3.8, 4) is 17.2 Å². The Bertz CT molecular complexity index is 1060. The third-order valence-corrected chi connectivity index (χ3v) is 6.62. The van der Waals surface area contributed by atoms with Crippen molar-refractivity contribution in [2.45, 2.75) is 12.8 Å². The highest BCUT2D eigenvalue weighted by Crippen LogP contribution is 2.45. The summed E-state index contributed by atoms with van der Waals surface area (Å²) in [5.74, 6) is -1.20. The van der Waals surface area contributed by atoms with Gasteiger partial charge in [-0.25, -0.2) is 8.78 Å². The number of anilines is 2. The maximum absolute atomic E-state index is 14.3. The van der Waals surface area contributed by atoms with Gasteiger partial charge in [-0.1, -0.05) is 6.07 Å². The van der Waals surface area contributed by atoms with Crippen LogP contribution in [0.3, 0.4) is 0 Å². The van der Waals surface area contributed by atoms with E-state index >= 15 is 0 Å². The van der Waals surface area contributed by atoms with Gasteiger partial charge in [-0.2, -0.15) is 13.7 Å². The van der Waals surface area contributed by atoms with Crippen LogP contribution in [-0.2, 0) is 10.2 Å². The van der Waals surface area contributed by atoms with Gasteiger partial charge in [-0.15, -0.1) is 0 Å². The second-order valence-electron chi connectivity index (χ2n) is 6.54. The molecule has 0 atom stereocenters. The molecule has 4 rings (SSSR count). The van der Waals surface area contributed by atoms with Gasteiger partial charge in [-0.3, -0.25) is 8.61 Å². The minimum atomic E-state index is -3.68. The molecule has 26 heavy (non-hydrogen) atoms. The number of halogens is 2. The fourth-order valence-corrected chi connectivity index (χ4v) is 4.70. The molecule has 0 radical (unpaired) electrons. The first-order valence-electron chi connectivity index (χ1n) is 8.13. The third kappa shape index (κ3) is 2.42. The highest BCUT2D eigenvalue weighted by Gasteiger charge is 2.41. The average Bonchev–Trinajstić information content (AvgIpc) is 3.41. The van der Waals surface area contributed by atoms with Crippen molar-refractivity contribution in [2.24, 2.45) is 5.92 Å². The smallest absolute Gasteiger partial charge is 0.254 e. The van der Waals surface area contributed by atoms with Crippen LogP contribution in [0.25, 0.3) is 11.1 Å². The van der Waals surface area contributed by atoms with Crippen LogP contribution in [-0.4, -0.2) is 22.0 Å². The number of benzene rings is 2. The van der Waals surface area contributed by atoms with Crippen LogP contribution < -0.4 is 8.61 Å². The van der Waals surface area contributed by atoms with Gasteiger partial charge >= 0.3 is 10.2 Å². The molecule has 1 aliphatic heterocycles. The SMILES string of the molecule is CN1c2cc(-c3c(F)ccc(F)c3C#N)ccc2N(CC2CC2)S1(=O)=O. The van der Waals surface area contributed by atoms with E-state index < -0.39 is 27.4 Å². The summed E-state index contributed by atoms with van der Waals surface area (Å²) in [5.41, 5.74) is 0.590. The summed E-state index contributed by atoms with van der Waals surface area (Å²) >= 11 is 0. The summed E-state index contributed by atoms with van der Waals surface area (Å²) in [6, 6.07) is 8.13. The normalized spacial score (nSPS) is 17.9. The second kappa shape index (κ2) is 5.68. The number of fused-ring (bicyclic) bond motifs is 1.